The Morgan fingerprint density at radius 2 is 1.81 bits per heavy atom. The van der Waals surface area contributed by atoms with Gasteiger partial charge in [0.2, 0.25) is 0 Å². The Morgan fingerprint density at radius 1 is 1.10 bits per heavy atom. The van der Waals surface area contributed by atoms with Gasteiger partial charge in [0.1, 0.15) is 24.0 Å². The Labute approximate surface area is 193 Å². The fraction of sp³-hybridized carbons (Fsp3) is 0.0455. The Balaban J connectivity index is 1.67. The van der Waals surface area contributed by atoms with Gasteiger partial charge in [-0.25, -0.2) is 14.2 Å². The van der Waals surface area contributed by atoms with E-state index in [0.29, 0.717) is 25.8 Å². The molecule has 0 heterocycles. The lowest BCUT2D eigenvalue weighted by atomic mass is 10.1. The molecule has 0 fully saturated rings. The average molecular weight is 549 g/mol. The van der Waals surface area contributed by atoms with Crippen LogP contribution in [0.25, 0.3) is 0 Å². The van der Waals surface area contributed by atoms with E-state index >= 15 is 0 Å². The molecule has 0 aliphatic carbocycles. The maximum atomic E-state index is 13.9. The second kappa shape index (κ2) is 10.3. The molecule has 0 spiro atoms. The van der Waals surface area contributed by atoms with Crippen molar-refractivity contribution >= 4 is 44.0 Å². The molecule has 3 rings (SSSR count). The summed E-state index contributed by atoms with van der Waals surface area (Å²) in [4.78, 5) is 12.1. The van der Waals surface area contributed by atoms with Crippen LogP contribution in [-0.4, -0.2) is 12.1 Å². The molecule has 3 aromatic carbocycles. The fourth-order valence-corrected chi connectivity index (χ4v) is 4.00. The molecule has 1 amide bonds. The third kappa shape index (κ3) is 5.75. The largest absolute Gasteiger partial charge is 0.486 e. The van der Waals surface area contributed by atoms with Crippen molar-refractivity contribution in [3.05, 3.63) is 97.4 Å². The summed E-state index contributed by atoms with van der Waals surface area (Å²) < 4.78 is 34.5. The molecule has 5 nitrogen and oxygen atoms in total. The fourth-order valence-electron chi connectivity index (χ4n) is 2.55. The highest BCUT2D eigenvalue weighted by Crippen LogP contribution is 2.35. The van der Waals surface area contributed by atoms with Gasteiger partial charge in [-0.2, -0.15) is 10.4 Å². The SMILES string of the molecule is N#Cc1ccc(C(=O)N/N=C\c2cc(Br)c(OCc3ccccc3F)c(Br)c2)c(F)c1. The van der Waals surface area contributed by atoms with Gasteiger partial charge < -0.3 is 4.74 Å². The number of nitrogens with zero attached hydrogens (tertiary/aromatic N) is 2. The molecular formula is C22H13Br2F2N3O2. The molecule has 1 N–H and O–H groups in total. The van der Waals surface area contributed by atoms with Gasteiger partial charge in [-0.3, -0.25) is 4.79 Å². The van der Waals surface area contributed by atoms with E-state index in [4.69, 9.17) is 10.00 Å². The summed E-state index contributed by atoms with van der Waals surface area (Å²) in [5.74, 6) is -1.44. The van der Waals surface area contributed by atoms with Crippen LogP contribution < -0.4 is 10.2 Å². The number of nitriles is 1. The number of rotatable bonds is 6. The molecule has 0 unspecified atom stereocenters. The Bertz CT molecular complexity index is 1190. The van der Waals surface area contributed by atoms with Gasteiger partial charge in [-0.05, 0) is 73.8 Å². The van der Waals surface area contributed by atoms with E-state index in [2.05, 4.69) is 42.4 Å². The van der Waals surface area contributed by atoms with Crippen LogP contribution in [0.5, 0.6) is 5.75 Å². The number of amides is 1. The maximum absolute atomic E-state index is 13.9. The molecule has 3 aromatic rings. The Hall–Kier alpha value is -3.09. The minimum absolute atomic E-state index is 0.0452. The predicted molar refractivity (Wildman–Crippen MR) is 119 cm³/mol. The van der Waals surface area contributed by atoms with E-state index in [1.807, 2.05) is 0 Å². The normalized spacial score (nSPS) is 10.7. The minimum atomic E-state index is -0.811. The first-order chi connectivity index (χ1) is 14.9. The van der Waals surface area contributed by atoms with Crippen molar-refractivity contribution in [2.45, 2.75) is 6.61 Å². The number of carbonyl (C=O) groups is 1. The minimum Gasteiger partial charge on any atom is -0.486 e. The number of carbonyl (C=O) groups excluding carboxylic acids is 1. The molecule has 9 heteroatoms. The van der Waals surface area contributed by atoms with Crippen molar-refractivity contribution in [1.29, 1.82) is 5.26 Å². The third-order valence-electron chi connectivity index (χ3n) is 4.07. The van der Waals surface area contributed by atoms with Crippen molar-refractivity contribution in [3.63, 3.8) is 0 Å². The molecule has 0 aliphatic rings. The Morgan fingerprint density at radius 3 is 2.45 bits per heavy atom. The quantitative estimate of drug-likeness (QED) is 0.317. The number of hydrogen-bond acceptors (Lipinski definition) is 4. The van der Waals surface area contributed by atoms with Crippen LogP contribution in [0.2, 0.25) is 0 Å². The molecule has 0 radical (unpaired) electrons. The van der Waals surface area contributed by atoms with Crippen LogP contribution in [0.3, 0.4) is 0 Å². The zero-order valence-corrected chi connectivity index (χ0v) is 18.9. The predicted octanol–water partition coefficient (Wildman–Crippen LogP) is 5.70. The molecule has 0 saturated carbocycles. The molecule has 0 bridgehead atoms. The topological polar surface area (TPSA) is 74.5 Å². The summed E-state index contributed by atoms with van der Waals surface area (Å²) in [7, 11) is 0. The van der Waals surface area contributed by atoms with E-state index in [1.165, 1.54) is 24.4 Å². The van der Waals surface area contributed by atoms with Crippen LogP contribution in [0.4, 0.5) is 8.78 Å². The number of hydrogen-bond donors (Lipinski definition) is 1. The Kier molecular flexibility index (Phi) is 7.50. The zero-order valence-electron chi connectivity index (χ0n) is 15.7. The second-order valence-corrected chi connectivity index (χ2v) is 7.91. The van der Waals surface area contributed by atoms with Gasteiger partial charge in [-0.1, -0.05) is 18.2 Å². The molecular weight excluding hydrogens is 536 g/mol. The summed E-state index contributed by atoms with van der Waals surface area (Å²) in [6.07, 6.45) is 1.37. The first-order valence-electron chi connectivity index (χ1n) is 8.77. The summed E-state index contributed by atoms with van der Waals surface area (Å²) >= 11 is 6.79. The van der Waals surface area contributed by atoms with E-state index in [0.717, 1.165) is 6.07 Å². The van der Waals surface area contributed by atoms with E-state index < -0.39 is 11.7 Å². The van der Waals surface area contributed by atoms with Gasteiger partial charge in [0.25, 0.3) is 5.91 Å². The number of hydrazone groups is 1. The van der Waals surface area contributed by atoms with Crippen LogP contribution in [0.15, 0.2) is 68.6 Å². The van der Waals surface area contributed by atoms with Crippen LogP contribution in [-0.2, 0) is 6.61 Å². The van der Waals surface area contributed by atoms with E-state index in [-0.39, 0.29) is 23.6 Å². The third-order valence-corrected chi connectivity index (χ3v) is 5.25. The molecule has 31 heavy (non-hydrogen) atoms. The molecule has 0 saturated heterocycles. The molecule has 156 valence electrons. The maximum Gasteiger partial charge on any atom is 0.274 e. The smallest absolute Gasteiger partial charge is 0.274 e. The zero-order chi connectivity index (χ0) is 22.4. The van der Waals surface area contributed by atoms with Gasteiger partial charge in [0.15, 0.2) is 0 Å². The summed E-state index contributed by atoms with van der Waals surface area (Å²) in [5.41, 5.74) is 3.15. The first kappa shape index (κ1) is 22.6. The van der Waals surface area contributed by atoms with Gasteiger partial charge in [0.05, 0.1) is 32.4 Å². The van der Waals surface area contributed by atoms with Gasteiger partial charge >= 0.3 is 0 Å². The highest BCUT2D eigenvalue weighted by molar-refractivity contribution is 9.11. The second-order valence-electron chi connectivity index (χ2n) is 6.20. The number of halogens is 4. The monoisotopic (exact) mass is 547 g/mol. The van der Waals surface area contributed by atoms with Crippen molar-refractivity contribution in [2.75, 3.05) is 0 Å². The number of ether oxygens (including phenoxy) is 1. The van der Waals surface area contributed by atoms with Crippen LogP contribution in [0.1, 0.15) is 27.0 Å². The lowest BCUT2D eigenvalue weighted by Crippen LogP contribution is -2.19. The average Bonchev–Trinajstić information content (AvgIpc) is 2.74. The molecule has 0 aliphatic heterocycles. The van der Waals surface area contributed by atoms with Crippen molar-refractivity contribution in [3.8, 4) is 11.8 Å². The van der Waals surface area contributed by atoms with Crippen LogP contribution >= 0.6 is 31.9 Å². The van der Waals surface area contributed by atoms with Crippen molar-refractivity contribution in [1.82, 2.24) is 5.43 Å². The van der Waals surface area contributed by atoms with Gasteiger partial charge in [-0.15, -0.1) is 0 Å². The van der Waals surface area contributed by atoms with Crippen molar-refractivity contribution < 1.29 is 18.3 Å². The highest BCUT2D eigenvalue weighted by atomic mass is 79.9. The summed E-state index contributed by atoms with van der Waals surface area (Å²) in [6.45, 7) is 0.0452. The summed E-state index contributed by atoms with van der Waals surface area (Å²) in [6, 6.07) is 15.0. The molecule has 0 aromatic heterocycles. The van der Waals surface area contributed by atoms with Crippen molar-refractivity contribution in [2.24, 2.45) is 5.10 Å². The standard InChI is InChI=1S/C22H13Br2F2N3O2/c23-17-7-14(8-18(24)21(17)31-12-15-3-1-2-4-19(15)25)11-28-29-22(30)16-6-5-13(10-27)9-20(16)26/h1-9,11H,12H2,(H,29,30)/b28-11-. The van der Waals surface area contributed by atoms with Crippen LogP contribution in [0, 0.1) is 23.0 Å². The summed E-state index contributed by atoms with van der Waals surface area (Å²) in [5, 5.41) is 12.6. The highest BCUT2D eigenvalue weighted by Gasteiger charge is 2.12. The number of nitrogens with one attached hydrogen (secondary N) is 1. The number of benzene rings is 3. The lowest BCUT2D eigenvalue weighted by molar-refractivity contribution is 0.0951. The van der Waals surface area contributed by atoms with Gasteiger partial charge in [0, 0.05) is 5.56 Å². The van der Waals surface area contributed by atoms with E-state index in [1.54, 1.807) is 36.4 Å². The van der Waals surface area contributed by atoms with E-state index in [9.17, 15) is 13.6 Å². The molecule has 0 atom stereocenters. The first-order valence-corrected chi connectivity index (χ1v) is 10.4. The lowest BCUT2D eigenvalue weighted by Gasteiger charge is -2.12.